The van der Waals surface area contributed by atoms with Gasteiger partial charge in [-0.25, -0.2) is 4.39 Å². The van der Waals surface area contributed by atoms with Gasteiger partial charge >= 0.3 is 0 Å². The van der Waals surface area contributed by atoms with Gasteiger partial charge in [-0.3, -0.25) is 9.59 Å². The lowest BCUT2D eigenvalue weighted by Crippen LogP contribution is -2.14. The van der Waals surface area contributed by atoms with Crippen LogP contribution in [0.1, 0.15) is 25.7 Å². The van der Waals surface area contributed by atoms with E-state index in [4.69, 9.17) is 5.73 Å². The van der Waals surface area contributed by atoms with Crippen molar-refractivity contribution in [2.75, 3.05) is 11.1 Å². The minimum absolute atomic E-state index is 0.0447. The summed E-state index contributed by atoms with van der Waals surface area (Å²) in [7, 11) is 0. The molecule has 3 aromatic heterocycles. The van der Waals surface area contributed by atoms with Gasteiger partial charge in [0.2, 0.25) is 5.78 Å². The average molecular weight is 379 g/mol. The second-order valence-electron chi connectivity index (χ2n) is 5.83. The molecule has 0 aliphatic carbocycles. The van der Waals surface area contributed by atoms with E-state index in [-0.39, 0.29) is 28.4 Å². The lowest BCUT2D eigenvalue weighted by molar-refractivity contribution is 0.102. The normalized spacial score (nSPS) is 10.9. The molecule has 3 N–H and O–H groups in total. The van der Waals surface area contributed by atoms with Crippen molar-refractivity contribution in [2.45, 2.75) is 0 Å². The van der Waals surface area contributed by atoms with Crippen molar-refractivity contribution in [1.82, 2.24) is 4.40 Å². The molecule has 7 heteroatoms. The Morgan fingerprint density at radius 2 is 1.81 bits per heavy atom. The zero-order valence-corrected chi connectivity index (χ0v) is 14.8. The largest absolute Gasteiger partial charge is 0.396 e. The van der Waals surface area contributed by atoms with Crippen LogP contribution in [-0.4, -0.2) is 16.1 Å². The number of carbonyl (C=O) groups excluding carboxylic acids is 2. The SMILES string of the molecule is Nc1c(C(=O)Nc2ccccc2F)c2ccccn2c1C(=O)c1cccs1. The number of ketones is 1. The number of thiophene rings is 1. The molecule has 0 radical (unpaired) electrons. The van der Waals surface area contributed by atoms with Crippen LogP contribution < -0.4 is 11.1 Å². The Bertz CT molecular complexity index is 1170. The molecule has 0 saturated heterocycles. The molecular formula is C20H14FN3O2S. The third-order valence-electron chi connectivity index (χ3n) is 4.19. The summed E-state index contributed by atoms with van der Waals surface area (Å²) in [5.41, 5.74) is 7.16. The number of nitrogen functional groups attached to an aromatic ring is 1. The summed E-state index contributed by atoms with van der Waals surface area (Å²) in [6, 6.07) is 14.5. The molecular weight excluding hydrogens is 365 g/mol. The zero-order valence-electron chi connectivity index (χ0n) is 14.0. The Kier molecular flexibility index (Phi) is 4.21. The lowest BCUT2D eigenvalue weighted by atomic mass is 10.1. The van der Waals surface area contributed by atoms with E-state index in [0.29, 0.717) is 10.4 Å². The van der Waals surface area contributed by atoms with Crippen LogP contribution in [0, 0.1) is 5.82 Å². The van der Waals surface area contributed by atoms with Crippen LogP contribution >= 0.6 is 11.3 Å². The summed E-state index contributed by atoms with van der Waals surface area (Å²) in [5, 5.41) is 4.33. The van der Waals surface area contributed by atoms with E-state index in [1.165, 1.54) is 29.5 Å². The molecule has 0 unspecified atom stereocenters. The van der Waals surface area contributed by atoms with Crippen molar-refractivity contribution in [2.24, 2.45) is 0 Å². The van der Waals surface area contributed by atoms with Crippen molar-refractivity contribution < 1.29 is 14.0 Å². The Hall–Kier alpha value is -3.45. The van der Waals surface area contributed by atoms with Gasteiger partial charge in [0.05, 0.1) is 27.3 Å². The molecule has 134 valence electrons. The smallest absolute Gasteiger partial charge is 0.260 e. The van der Waals surface area contributed by atoms with E-state index in [1.54, 1.807) is 52.4 Å². The number of hydrogen-bond donors (Lipinski definition) is 2. The summed E-state index contributed by atoms with van der Waals surface area (Å²) in [6.45, 7) is 0. The Morgan fingerprint density at radius 3 is 2.56 bits per heavy atom. The minimum atomic E-state index is -0.577. The van der Waals surface area contributed by atoms with Crippen LogP contribution in [-0.2, 0) is 0 Å². The second-order valence-corrected chi connectivity index (χ2v) is 6.78. The fraction of sp³-hybridized carbons (Fsp3) is 0. The number of para-hydroxylation sites is 1. The number of nitrogens with two attached hydrogens (primary N) is 1. The predicted molar refractivity (Wildman–Crippen MR) is 104 cm³/mol. The molecule has 0 fully saturated rings. The fourth-order valence-electron chi connectivity index (χ4n) is 2.97. The molecule has 1 aromatic carbocycles. The van der Waals surface area contributed by atoms with Crippen molar-refractivity contribution in [3.05, 3.63) is 88.1 Å². The fourth-order valence-corrected chi connectivity index (χ4v) is 3.63. The summed E-state index contributed by atoms with van der Waals surface area (Å²) < 4.78 is 15.5. The van der Waals surface area contributed by atoms with Gasteiger partial charge < -0.3 is 15.5 Å². The molecule has 0 aliphatic rings. The van der Waals surface area contributed by atoms with Gasteiger partial charge in [-0.1, -0.05) is 24.3 Å². The van der Waals surface area contributed by atoms with Crippen LogP contribution in [0.5, 0.6) is 0 Å². The van der Waals surface area contributed by atoms with Crippen LogP contribution in [0.2, 0.25) is 0 Å². The van der Waals surface area contributed by atoms with E-state index < -0.39 is 11.7 Å². The number of halogens is 1. The number of fused-ring (bicyclic) bond motifs is 1. The summed E-state index contributed by atoms with van der Waals surface area (Å²) in [6.07, 6.45) is 1.67. The first kappa shape index (κ1) is 17.0. The van der Waals surface area contributed by atoms with Gasteiger partial charge in [-0.2, -0.15) is 0 Å². The second kappa shape index (κ2) is 6.69. The predicted octanol–water partition coefficient (Wildman–Crippen LogP) is 4.21. The molecule has 5 nitrogen and oxygen atoms in total. The number of aromatic nitrogens is 1. The molecule has 4 rings (SSSR count). The maximum Gasteiger partial charge on any atom is 0.260 e. The highest BCUT2D eigenvalue weighted by atomic mass is 32.1. The first-order valence-corrected chi connectivity index (χ1v) is 8.98. The van der Waals surface area contributed by atoms with Gasteiger partial charge in [0.25, 0.3) is 5.91 Å². The number of hydrogen-bond acceptors (Lipinski definition) is 4. The van der Waals surface area contributed by atoms with Gasteiger partial charge in [-0.15, -0.1) is 11.3 Å². The van der Waals surface area contributed by atoms with Gasteiger partial charge in [-0.05, 0) is 35.7 Å². The number of amides is 1. The first-order valence-electron chi connectivity index (χ1n) is 8.10. The van der Waals surface area contributed by atoms with E-state index in [0.717, 1.165) is 0 Å². The van der Waals surface area contributed by atoms with Crippen molar-refractivity contribution in [3.8, 4) is 0 Å². The summed E-state index contributed by atoms with van der Waals surface area (Å²) in [5.74, 6) is -1.40. The first-order chi connectivity index (χ1) is 13.1. The number of anilines is 2. The highest BCUT2D eigenvalue weighted by Gasteiger charge is 2.26. The minimum Gasteiger partial charge on any atom is -0.396 e. The molecule has 4 aromatic rings. The van der Waals surface area contributed by atoms with Gasteiger partial charge in [0, 0.05) is 6.20 Å². The standard InChI is InChI=1S/C20H14FN3O2S/c21-12-6-1-2-7-13(12)23-20(26)16-14-8-3-4-10-24(14)18(17(16)22)19(25)15-9-5-11-27-15/h1-11H,22H2,(H,23,26). The van der Waals surface area contributed by atoms with Crippen LogP contribution in [0.15, 0.2) is 66.2 Å². The van der Waals surface area contributed by atoms with E-state index in [9.17, 15) is 14.0 Å². The Labute approximate surface area is 157 Å². The van der Waals surface area contributed by atoms with Gasteiger partial charge in [0.1, 0.15) is 11.5 Å². The van der Waals surface area contributed by atoms with E-state index in [2.05, 4.69) is 5.32 Å². The van der Waals surface area contributed by atoms with Crippen LogP contribution in [0.25, 0.3) is 5.52 Å². The highest BCUT2D eigenvalue weighted by molar-refractivity contribution is 7.12. The molecule has 0 spiro atoms. The average Bonchev–Trinajstić information content (AvgIpc) is 3.29. The Balaban J connectivity index is 1.84. The third-order valence-corrected chi connectivity index (χ3v) is 5.06. The highest BCUT2D eigenvalue weighted by Crippen LogP contribution is 2.30. The number of rotatable bonds is 4. The van der Waals surface area contributed by atoms with Crippen molar-refractivity contribution in [1.29, 1.82) is 0 Å². The summed E-state index contributed by atoms with van der Waals surface area (Å²) >= 11 is 1.30. The quantitative estimate of drug-likeness (QED) is 0.522. The molecule has 1 amide bonds. The van der Waals surface area contributed by atoms with Crippen LogP contribution in [0.3, 0.4) is 0 Å². The number of carbonyl (C=O) groups is 2. The van der Waals surface area contributed by atoms with E-state index >= 15 is 0 Å². The number of benzene rings is 1. The Morgan fingerprint density at radius 1 is 1.04 bits per heavy atom. The number of nitrogens with one attached hydrogen (secondary N) is 1. The van der Waals surface area contributed by atoms with E-state index in [1.807, 2.05) is 0 Å². The monoisotopic (exact) mass is 379 g/mol. The summed E-state index contributed by atoms with van der Waals surface area (Å²) in [4.78, 5) is 26.3. The maximum absolute atomic E-state index is 13.9. The van der Waals surface area contributed by atoms with Crippen LogP contribution in [0.4, 0.5) is 15.8 Å². The van der Waals surface area contributed by atoms with Crippen molar-refractivity contribution in [3.63, 3.8) is 0 Å². The third kappa shape index (κ3) is 2.88. The number of nitrogens with zero attached hydrogens (tertiary/aromatic N) is 1. The zero-order chi connectivity index (χ0) is 19.0. The molecule has 0 aliphatic heterocycles. The van der Waals surface area contributed by atoms with Crippen molar-refractivity contribution >= 4 is 39.9 Å². The molecule has 0 saturated carbocycles. The maximum atomic E-state index is 13.9. The number of pyridine rings is 1. The molecule has 0 atom stereocenters. The molecule has 0 bridgehead atoms. The molecule has 27 heavy (non-hydrogen) atoms. The molecule has 3 heterocycles. The lowest BCUT2D eigenvalue weighted by Gasteiger charge is -2.06. The topological polar surface area (TPSA) is 76.6 Å². The van der Waals surface area contributed by atoms with Gasteiger partial charge in [0.15, 0.2) is 0 Å².